The molecule has 17 rings (SSSR count). The van der Waals surface area contributed by atoms with E-state index in [1.165, 1.54) is 141 Å². The average molecular weight is 1210 g/mol. The first-order valence-corrected chi connectivity index (χ1v) is 30.2. The molecule has 0 fully saturated rings. The summed E-state index contributed by atoms with van der Waals surface area (Å²) in [4.78, 5) is 0. The molecule has 0 aliphatic carbocycles. The standard InChI is InChI=1S/C48H30.C16H13BO2.C16H8Br2/c1-3-11-39-31(7-1)9-5-13-41(39)33-15-19-35(20-16-33)43-27-25-37-23-24-38-26-28-44(46-30-29-45(43)47(37)48(38)46)36-21-17-34(18-22-36)42-14-6-10-32-8-2-4-12-40(32)42;18-17(19)14-10-8-13(9-11-14)16-7-3-5-12-4-1-2-6-15(12)16;17-13-7-3-9-1-2-10-4-8-14(18)12-6-5-11(13)15(9)16(10)12/h1-30H;1-11,18-19H;1-8H. The molecule has 2 nitrogen and oxygen atoms in total. The maximum absolute atomic E-state index is 9.11. The van der Waals surface area contributed by atoms with E-state index in [-0.39, 0.29) is 0 Å². The minimum Gasteiger partial charge on any atom is -0.423 e. The highest BCUT2D eigenvalue weighted by Crippen LogP contribution is 2.44. The Kier molecular flexibility index (Phi) is 13.5. The fraction of sp³-hybridized carbons (Fsp3) is 0. The summed E-state index contributed by atoms with van der Waals surface area (Å²) in [6.07, 6.45) is 0. The molecule has 17 aromatic carbocycles. The zero-order chi connectivity index (χ0) is 57.1. The van der Waals surface area contributed by atoms with Gasteiger partial charge in [0.15, 0.2) is 0 Å². The van der Waals surface area contributed by atoms with Crippen molar-refractivity contribution in [2.24, 2.45) is 0 Å². The first kappa shape index (κ1) is 52.4. The molecule has 17 aromatic rings. The molecule has 0 atom stereocenters. The van der Waals surface area contributed by atoms with Crippen molar-refractivity contribution in [2.45, 2.75) is 0 Å². The van der Waals surface area contributed by atoms with Gasteiger partial charge in [0.2, 0.25) is 0 Å². The van der Waals surface area contributed by atoms with Crippen molar-refractivity contribution in [3.05, 3.63) is 306 Å². The predicted octanol–water partition coefficient (Wildman–Crippen LogP) is 21.9. The van der Waals surface area contributed by atoms with Gasteiger partial charge in [-0.3, -0.25) is 0 Å². The minimum absolute atomic E-state index is 0.504. The molecule has 0 aliphatic rings. The second kappa shape index (κ2) is 21.9. The molecule has 0 saturated carbocycles. The summed E-state index contributed by atoms with van der Waals surface area (Å²) in [5, 5.41) is 41.4. The van der Waals surface area contributed by atoms with Crippen LogP contribution in [0.3, 0.4) is 0 Å². The Bertz CT molecular complexity index is 5060. The van der Waals surface area contributed by atoms with E-state index < -0.39 is 7.12 Å². The highest BCUT2D eigenvalue weighted by molar-refractivity contribution is 9.11. The van der Waals surface area contributed by atoms with Crippen LogP contribution in [0.5, 0.6) is 0 Å². The van der Waals surface area contributed by atoms with Gasteiger partial charge < -0.3 is 10.0 Å². The summed E-state index contributed by atoms with van der Waals surface area (Å²) in [5.41, 5.74) is 12.8. The highest BCUT2D eigenvalue weighted by Gasteiger charge is 2.17. The molecule has 0 aromatic heterocycles. The Hall–Kier alpha value is -9.46. The van der Waals surface area contributed by atoms with Crippen LogP contribution in [0.4, 0.5) is 0 Å². The third-order valence-corrected chi connectivity index (χ3v) is 18.5. The zero-order valence-corrected chi connectivity index (χ0v) is 49.2. The van der Waals surface area contributed by atoms with Gasteiger partial charge in [-0.05, 0) is 170 Å². The van der Waals surface area contributed by atoms with Crippen molar-refractivity contribution in [1.29, 1.82) is 0 Å². The van der Waals surface area contributed by atoms with Crippen molar-refractivity contribution in [1.82, 2.24) is 0 Å². The number of hydrogen-bond acceptors (Lipinski definition) is 2. The smallest absolute Gasteiger partial charge is 0.423 e. The van der Waals surface area contributed by atoms with E-state index in [0.29, 0.717) is 5.46 Å². The summed E-state index contributed by atoms with van der Waals surface area (Å²) in [6, 6.07) is 106. The Labute approximate surface area is 509 Å². The molecule has 85 heavy (non-hydrogen) atoms. The van der Waals surface area contributed by atoms with Crippen LogP contribution >= 0.6 is 31.9 Å². The van der Waals surface area contributed by atoms with Gasteiger partial charge in [0.05, 0.1) is 0 Å². The van der Waals surface area contributed by atoms with E-state index in [0.717, 1.165) is 20.1 Å². The minimum atomic E-state index is -1.42. The van der Waals surface area contributed by atoms with Crippen LogP contribution in [0.1, 0.15) is 0 Å². The summed E-state index contributed by atoms with van der Waals surface area (Å²) >= 11 is 7.30. The lowest BCUT2D eigenvalue weighted by molar-refractivity contribution is 0.426. The molecule has 0 radical (unpaired) electrons. The molecular formula is C80H51BBr2O2. The van der Waals surface area contributed by atoms with Crippen molar-refractivity contribution in [2.75, 3.05) is 0 Å². The number of benzene rings is 17. The number of hydrogen-bond donors (Lipinski definition) is 2. The van der Waals surface area contributed by atoms with E-state index in [9.17, 15) is 0 Å². The van der Waals surface area contributed by atoms with Gasteiger partial charge in [-0.1, -0.05) is 317 Å². The molecule has 2 N–H and O–H groups in total. The Balaban J connectivity index is 0.000000134. The molecule has 5 heteroatoms. The molecule has 0 unspecified atom stereocenters. The molecular weight excluding hydrogens is 1160 g/mol. The Morgan fingerprint density at radius 3 is 0.800 bits per heavy atom. The van der Waals surface area contributed by atoms with Crippen LogP contribution in [0.25, 0.3) is 153 Å². The van der Waals surface area contributed by atoms with Crippen molar-refractivity contribution in [3.63, 3.8) is 0 Å². The zero-order valence-electron chi connectivity index (χ0n) is 46.0. The van der Waals surface area contributed by atoms with Gasteiger partial charge in [0, 0.05) is 8.95 Å². The summed E-state index contributed by atoms with van der Waals surface area (Å²) in [7, 11) is -1.42. The SMILES string of the molecule is Brc1ccc2ccc3ccc(Br)c4ccc1c2c34.OB(O)c1ccc(-c2cccc3ccccc23)cc1.c1ccc2c(-c3ccc(-c4ccc5ccc6ccc(-c7ccc(-c8cccc9ccccc89)cc7)c7ccc4c5c67)cc3)cccc2c1. The lowest BCUT2D eigenvalue weighted by Crippen LogP contribution is -2.29. The van der Waals surface area contributed by atoms with Crippen LogP contribution < -0.4 is 5.46 Å². The van der Waals surface area contributed by atoms with Gasteiger partial charge in [0.1, 0.15) is 0 Å². The average Bonchev–Trinajstić information content (AvgIpc) is 3.62. The van der Waals surface area contributed by atoms with E-state index in [1.54, 1.807) is 12.1 Å². The highest BCUT2D eigenvalue weighted by atomic mass is 79.9. The quantitative estimate of drug-likeness (QED) is 0.129. The number of halogens is 2. The van der Waals surface area contributed by atoms with Gasteiger partial charge in [-0.25, -0.2) is 0 Å². The third-order valence-electron chi connectivity index (χ3n) is 17.1. The molecule has 400 valence electrons. The topological polar surface area (TPSA) is 40.5 Å². The monoisotopic (exact) mass is 1210 g/mol. The van der Waals surface area contributed by atoms with Crippen LogP contribution in [-0.4, -0.2) is 17.2 Å². The second-order valence-electron chi connectivity index (χ2n) is 21.9. The van der Waals surface area contributed by atoms with E-state index in [2.05, 4.69) is 287 Å². The largest absolute Gasteiger partial charge is 0.488 e. The second-order valence-corrected chi connectivity index (χ2v) is 23.6. The van der Waals surface area contributed by atoms with Gasteiger partial charge >= 0.3 is 7.12 Å². The van der Waals surface area contributed by atoms with Gasteiger partial charge in [-0.15, -0.1) is 0 Å². The molecule has 0 bridgehead atoms. The predicted molar refractivity (Wildman–Crippen MR) is 372 cm³/mol. The molecule has 0 amide bonds. The fourth-order valence-electron chi connectivity index (χ4n) is 13.0. The van der Waals surface area contributed by atoms with Gasteiger partial charge in [0.25, 0.3) is 0 Å². The lowest BCUT2D eigenvalue weighted by atomic mass is 9.79. The van der Waals surface area contributed by atoms with E-state index >= 15 is 0 Å². The summed E-state index contributed by atoms with van der Waals surface area (Å²) in [5.74, 6) is 0. The molecule has 0 heterocycles. The van der Waals surface area contributed by atoms with Crippen LogP contribution in [0.15, 0.2) is 306 Å². The van der Waals surface area contributed by atoms with Crippen molar-refractivity contribution in [3.8, 4) is 55.6 Å². The molecule has 0 aliphatic heterocycles. The number of fused-ring (bicyclic) bond motifs is 3. The summed E-state index contributed by atoms with van der Waals surface area (Å²) < 4.78 is 2.31. The van der Waals surface area contributed by atoms with Crippen LogP contribution in [-0.2, 0) is 0 Å². The first-order chi connectivity index (χ1) is 41.8. The van der Waals surface area contributed by atoms with E-state index in [1.807, 2.05) is 30.3 Å². The van der Waals surface area contributed by atoms with Gasteiger partial charge in [-0.2, -0.15) is 0 Å². The third kappa shape index (κ3) is 9.47. The van der Waals surface area contributed by atoms with Crippen molar-refractivity contribution < 1.29 is 10.0 Å². The number of rotatable bonds is 6. The lowest BCUT2D eigenvalue weighted by Gasteiger charge is -2.17. The Morgan fingerprint density at radius 1 is 0.200 bits per heavy atom. The van der Waals surface area contributed by atoms with Crippen molar-refractivity contribution >= 4 is 141 Å². The first-order valence-electron chi connectivity index (χ1n) is 28.6. The summed E-state index contributed by atoms with van der Waals surface area (Å²) in [6.45, 7) is 0. The molecule has 0 saturated heterocycles. The Morgan fingerprint density at radius 2 is 0.459 bits per heavy atom. The fourth-order valence-corrected chi connectivity index (χ4v) is 13.9. The maximum atomic E-state index is 9.11. The van der Waals surface area contributed by atoms with Crippen LogP contribution in [0.2, 0.25) is 0 Å². The normalized spacial score (nSPS) is 11.5. The van der Waals surface area contributed by atoms with E-state index in [4.69, 9.17) is 10.0 Å². The maximum Gasteiger partial charge on any atom is 0.488 e. The van der Waals surface area contributed by atoms with Crippen LogP contribution in [0, 0.1) is 0 Å². The molecule has 0 spiro atoms.